The van der Waals surface area contributed by atoms with Crippen LogP contribution in [0.15, 0.2) is 24.3 Å². The summed E-state index contributed by atoms with van der Waals surface area (Å²) >= 11 is 0. The van der Waals surface area contributed by atoms with Crippen molar-refractivity contribution in [3.63, 3.8) is 0 Å². The molecule has 0 fully saturated rings. The highest BCUT2D eigenvalue weighted by atomic mass is 16.5. The van der Waals surface area contributed by atoms with Crippen LogP contribution in [0.2, 0.25) is 0 Å². The number of esters is 1. The largest absolute Gasteiger partial charge is 0.466 e. The summed E-state index contributed by atoms with van der Waals surface area (Å²) in [7, 11) is 0. The lowest BCUT2D eigenvalue weighted by molar-refractivity contribution is -0.143. The number of allylic oxidation sites excluding steroid dienone is 4. The smallest absolute Gasteiger partial charge is 0.305 e. The van der Waals surface area contributed by atoms with Crippen molar-refractivity contribution in [3.05, 3.63) is 24.3 Å². The zero-order valence-corrected chi connectivity index (χ0v) is 60.0. The number of hydrogen-bond acceptors (Lipinski definition) is 5. The van der Waals surface area contributed by atoms with Gasteiger partial charge in [-0.15, -0.1) is 0 Å². The molecule has 2 unspecified atom stereocenters. The summed E-state index contributed by atoms with van der Waals surface area (Å²) < 4.78 is 5.51. The van der Waals surface area contributed by atoms with Crippen LogP contribution in [-0.2, 0) is 14.3 Å². The van der Waals surface area contributed by atoms with E-state index in [1.165, 1.54) is 385 Å². The number of rotatable bonds is 77. The van der Waals surface area contributed by atoms with Gasteiger partial charge < -0.3 is 20.3 Å². The third-order valence-electron chi connectivity index (χ3n) is 19.3. The second-order valence-corrected chi connectivity index (χ2v) is 28.1. The number of aliphatic hydroxyl groups excluding tert-OH is 2. The molecule has 522 valence electrons. The molecule has 0 aliphatic carbocycles. The van der Waals surface area contributed by atoms with Crippen molar-refractivity contribution >= 4 is 11.9 Å². The average molecular weight is 1240 g/mol. The predicted octanol–water partition coefficient (Wildman–Crippen LogP) is 26.8. The second-order valence-electron chi connectivity index (χ2n) is 28.1. The van der Waals surface area contributed by atoms with Crippen LogP contribution in [0.3, 0.4) is 0 Å². The summed E-state index contributed by atoms with van der Waals surface area (Å²) in [6.45, 7) is 5.01. The molecule has 3 N–H and O–H groups in total. The molecular formula is C82H159NO5. The Bertz CT molecular complexity index is 1380. The molecule has 2 atom stereocenters. The summed E-state index contributed by atoms with van der Waals surface area (Å²) in [4.78, 5) is 24.6. The highest BCUT2D eigenvalue weighted by Gasteiger charge is 2.20. The minimum atomic E-state index is -0.663. The molecule has 0 aliphatic heterocycles. The van der Waals surface area contributed by atoms with Crippen LogP contribution in [0.5, 0.6) is 0 Å². The molecule has 0 saturated heterocycles. The quantitative estimate of drug-likeness (QED) is 0.0320. The van der Waals surface area contributed by atoms with Gasteiger partial charge in [0.15, 0.2) is 0 Å². The van der Waals surface area contributed by atoms with Crippen LogP contribution in [0.25, 0.3) is 0 Å². The van der Waals surface area contributed by atoms with Crippen molar-refractivity contribution in [2.24, 2.45) is 0 Å². The fourth-order valence-corrected chi connectivity index (χ4v) is 13.1. The summed E-state index contributed by atoms with van der Waals surface area (Å²) in [5, 5.41) is 23.4. The minimum absolute atomic E-state index is 0.0233. The molecule has 0 aliphatic rings. The number of nitrogens with one attached hydrogen (secondary N) is 1. The van der Waals surface area contributed by atoms with Crippen LogP contribution in [0.4, 0.5) is 0 Å². The molecule has 0 aromatic heterocycles. The van der Waals surface area contributed by atoms with Gasteiger partial charge in [-0.1, -0.05) is 417 Å². The first-order valence-electron chi connectivity index (χ1n) is 40.6. The van der Waals surface area contributed by atoms with E-state index in [4.69, 9.17) is 4.74 Å². The summed E-state index contributed by atoms with van der Waals surface area (Å²) in [6, 6.07) is -0.540. The lowest BCUT2D eigenvalue weighted by atomic mass is 10.0. The molecular weight excluding hydrogens is 1080 g/mol. The van der Waals surface area contributed by atoms with E-state index in [9.17, 15) is 19.8 Å². The van der Waals surface area contributed by atoms with Crippen molar-refractivity contribution in [2.75, 3.05) is 13.2 Å². The van der Waals surface area contributed by atoms with Crippen LogP contribution in [-0.4, -0.2) is 47.4 Å². The summed E-state index contributed by atoms with van der Waals surface area (Å²) in [5.41, 5.74) is 0. The van der Waals surface area contributed by atoms with Gasteiger partial charge in [0.2, 0.25) is 5.91 Å². The Kier molecular flexibility index (Phi) is 76.3. The van der Waals surface area contributed by atoms with Crippen molar-refractivity contribution in [1.82, 2.24) is 5.32 Å². The van der Waals surface area contributed by atoms with E-state index in [1.54, 1.807) is 0 Å². The SMILES string of the molecule is CCCCCCCCCCCCCCCCCCCCC(O)C(CO)NC(=O)CCCCCCCCCCCCCCCCCCC/C=C\C/C=C\CCCCCCCCCCCCCCCOC(=O)CCCCCCCCCCCCCCCCCC. The monoisotopic (exact) mass is 1240 g/mol. The van der Waals surface area contributed by atoms with Gasteiger partial charge in [0, 0.05) is 12.8 Å². The van der Waals surface area contributed by atoms with Gasteiger partial charge in [0.25, 0.3) is 0 Å². The first-order valence-corrected chi connectivity index (χ1v) is 40.6. The molecule has 1 amide bonds. The van der Waals surface area contributed by atoms with Crippen LogP contribution < -0.4 is 5.32 Å². The average Bonchev–Trinajstić information content (AvgIpc) is 3.58. The Morgan fingerprint density at radius 3 is 0.864 bits per heavy atom. The standard InChI is InChI=1S/C82H159NO5/c1-3-5-7-9-11-13-15-17-19-21-43-46-50-54-58-62-66-70-74-80(85)79(78-84)83-81(86)75-71-67-63-59-55-51-47-44-41-39-37-35-33-31-29-27-25-23-22-24-26-28-30-32-34-36-38-40-42-45-49-53-57-61-65-69-73-77-88-82(87)76-72-68-64-60-56-52-48-20-18-16-14-12-10-8-6-4-2/h22,24,28,30,79-80,84-85H,3-21,23,25-27,29,31-78H2,1-2H3,(H,83,86)/b24-22-,30-28-. The zero-order chi connectivity index (χ0) is 63.5. The van der Waals surface area contributed by atoms with Crippen molar-refractivity contribution in [2.45, 2.75) is 475 Å². The van der Waals surface area contributed by atoms with Gasteiger partial charge in [-0.05, 0) is 57.8 Å². The number of amides is 1. The van der Waals surface area contributed by atoms with E-state index < -0.39 is 12.1 Å². The molecule has 0 rings (SSSR count). The van der Waals surface area contributed by atoms with Crippen molar-refractivity contribution in [3.8, 4) is 0 Å². The molecule has 0 spiro atoms. The highest BCUT2D eigenvalue weighted by Crippen LogP contribution is 2.20. The van der Waals surface area contributed by atoms with Gasteiger partial charge in [-0.25, -0.2) is 0 Å². The summed E-state index contributed by atoms with van der Waals surface area (Å²) in [6.07, 6.45) is 100.0. The number of hydrogen-bond donors (Lipinski definition) is 3. The molecule has 6 nitrogen and oxygen atoms in total. The van der Waals surface area contributed by atoms with E-state index >= 15 is 0 Å². The number of ether oxygens (including phenoxy) is 1. The third kappa shape index (κ3) is 73.4. The molecule has 0 aromatic rings. The van der Waals surface area contributed by atoms with Gasteiger partial charge in [-0.2, -0.15) is 0 Å². The Hall–Kier alpha value is -1.66. The fraction of sp³-hybridized carbons (Fsp3) is 0.927. The van der Waals surface area contributed by atoms with Gasteiger partial charge in [-0.3, -0.25) is 9.59 Å². The molecule has 0 radical (unpaired) electrons. The lowest BCUT2D eigenvalue weighted by Crippen LogP contribution is -2.45. The minimum Gasteiger partial charge on any atom is -0.466 e. The molecule has 6 heteroatoms. The molecule has 0 heterocycles. The Balaban J connectivity index is 3.35. The Labute approximate surface area is 551 Å². The van der Waals surface area contributed by atoms with Crippen molar-refractivity contribution in [1.29, 1.82) is 0 Å². The second kappa shape index (κ2) is 77.8. The number of aliphatic hydroxyl groups is 2. The van der Waals surface area contributed by atoms with Crippen molar-refractivity contribution < 1.29 is 24.5 Å². The first-order chi connectivity index (χ1) is 43.5. The Morgan fingerprint density at radius 1 is 0.318 bits per heavy atom. The first kappa shape index (κ1) is 86.3. The highest BCUT2D eigenvalue weighted by molar-refractivity contribution is 5.76. The van der Waals surface area contributed by atoms with Gasteiger partial charge >= 0.3 is 5.97 Å². The Morgan fingerprint density at radius 2 is 0.568 bits per heavy atom. The lowest BCUT2D eigenvalue weighted by Gasteiger charge is -2.22. The predicted molar refractivity (Wildman–Crippen MR) is 389 cm³/mol. The normalized spacial score (nSPS) is 12.5. The molecule has 88 heavy (non-hydrogen) atoms. The number of unbranched alkanes of at least 4 members (excludes halogenated alkanes) is 62. The number of carbonyl (C=O) groups excluding carboxylic acids is 2. The van der Waals surface area contributed by atoms with Crippen LogP contribution in [0, 0.1) is 0 Å². The number of carbonyl (C=O) groups is 2. The van der Waals surface area contributed by atoms with Crippen LogP contribution >= 0.6 is 0 Å². The third-order valence-corrected chi connectivity index (χ3v) is 19.3. The zero-order valence-electron chi connectivity index (χ0n) is 60.0. The fourth-order valence-electron chi connectivity index (χ4n) is 13.1. The van der Waals surface area contributed by atoms with Gasteiger partial charge in [0.1, 0.15) is 0 Å². The molecule has 0 aromatic carbocycles. The van der Waals surface area contributed by atoms with E-state index in [0.717, 1.165) is 44.9 Å². The maximum atomic E-state index is 12.5. The molecule has 0 bridgehead atoms. The van der Waals surface area contributed by atoms with E-state index in [2.05, 4.69) is 43.5 Å². The maximum absolute atomic E-state index is 12.5. The molecule has 0 saturated carbocycles. The van der Waals surface area contributed by atoms with E-state index in [0.29, 0.717) is 25.9 Å². The van der Waals surface area contributed by atoms with E-state index in [1.807, 2.05) is 0 Å². The maximum Gasteiger partial charge on any atom is 0.305 e. The summed E-state index contributed by atoms with van der Waals surface area (Å²) in [5.74, 6) is -0.00431. The van der Waals surface area contributed by atoms with Gasteiger partial charge in [0.05, 0.1) is 25.4 Å². The van der Waals surface area contributed by atoms with E-state index in [-0.39, 0.29) is 18.5 Å². The topological polar surface area (TPSA) is 95.9 Å². The van der Waals surface area contributed by atoms with Crippen LogP contribution in [0.1, 0.15) is 463 Å².